The number of hydrogen-bond donors (Lipinski definition) is 1. The molecule has 1 nitrogen and oxygen atoms in total. The van der Waals surface area contributed by atoms with Gasteiger partial charge in [0.2, 0.25) is 0 Å². The highest BCUT2D eigenvalue weighted by molar-refractivity contribution is 9.10. The molecule has 2 rings (SSSR count). The molecule has 0 saturated carbocycles. The highest BCUT2D eigenvalue weighted by Crippen LogP contribution is 2.39. The van der Waals surface area contributed by atoms with Crippen LogP contribution >= 0.6 is 27.3 Å². The molecule has 74 valence electrons. The van der Waals surface area contributed by atoms with E-state index in [1.807, 2.05) is 0 Å². The maximum Gasteiger partial charge on any atom is 0.264 e. The van der Waals surface area contributed by atoms with Gasteiger partial charge in [-0.05, 0) is 15.9 Å². The van der Waals surface area contributed by atoms with E-state index in [-0.39, 0.29) is 5.56 Å². The summed E-state index contributed by atoms with van der Waals surface area (Å²) in [4.78, 5) is 0. The molecule has 14 heavy (non-hydrogen) atoms. The summed E-state index contributed by atoms with van der Waals surface area (Å²) in [6.07, 6.45) is -2.46. The number of nitrogens with two attached hydrogens (primary N) is 1. The topological polar surface area (TPSA) is 26.0 Å². The molecule has 0 spiro atoms. The fraction of sp³-hybridized carbons (Fsp3) is 0.111. The zero-order valence-corrected chi connectivity index (χ0v) is 9.33. The third-order valence-corrected chi connectivity index (χ3v) is 4.13. The molecule has 1 heterocycles. The molecule has 0 fully saturated rings. The van der Waals surface area contributed by atoms with Crippen LogP contribution in [0.25, 0.3) is 10.1 Å². The van der Waals surface area contributed by atoms with Crippen LogP contribution in [0.5, 0.6) is 0 Å². The quantitative estimate of drug-likeness (QED) is 0.831. The summed E-state index contributed by atoms with van der Waals surface area (Å²) < 4.78 is 26.2. The van der Waals surface area contributed by atoms with Crippen molar-refractivity contribution < 1.29 is 8.78 Å². The first-order valence-electron chi connectivity index (χ1n) is 3.84. The van der Waals surface area contributed by atoms with E-state index in [1.165, 1.54) is 17.4 Å². The normalized spacial score (nSPS) is 11.4. The third kappa shape index (κ3) is 1.40. The Hall–Kier alpha value is -0.680. The number of benzene rings is 1. The summed E-state index contributed by atoms with van der Waals surface area (Å²) in [7, 11) is 0. The molecule has 0 saturated heterocycles. The average molecular weight is 278 g/mol. The van der Waals surface area contributed by atoms with Crippen LogP contribution in [0.2, 0.25) is 0 Å². The highest BCUT2D eigenvalue weighted by Gasteiger charge is 2.15. The van der Waals surface area contributed by atoms with Crippen molar-refractivity contribution in [2.45, 2.75) is 6.43 Å². The number of halogens is 3. The molecule has 1 aromatic carbocycles. The molecule has 2 N–H and O–H groups in total. The summed E-state index contributed by atoms with van der Waals surface area (Å²) in [5.41, 5.74) is 6.32. The van der Waals surface area contributed by atoms with Crippen LogP contribution in [-0.2, 0) is 0 Å². The zero-order valence-electron chi connectivity index (χ0n) is 6.93. The lowest BCUT2D eigenvalue weighted by molar-refractivity contribution is 0.151. The van der Waals surface area contributed by atoms with Crippen molar-refractivity contribution in [1.29, 1.82) is 0 Å². The Labute approximate surface area is 91.7 Å². The molecule has 0 atom stereocenters. The van der Waals surface area contributed by atoms with Crippen molar-refractivity contribution in [2.24, 2.45) is 0 Å². The smallest absolute Gasteiger partial charge is 0.264 e. The number of nitrogen functional groups attached to an aromatic ring is 1. The van der Waals surface area contributed by atoms with Crippen LogP contribution in [-0.4, -0.2) is 0 Å². The van der Waals surface area contributed by atoms with E-state index in [0.29, 0.717) is 10.2 Å². The van der Waals surface area contributed by atoms with Crippen LogP contribution in [0.1, 0.15) is 12.0 Å². The Bertz CT molecular complexity index is 481. The van der Waals surface area contributed by atoms with E-state index in [1.54, 1.807) is 11.4 Å². The van der Waals surface area contributed by atoms with Crippen molar-refractivity contribution >= 4 is 43.0 Å². The van der Waals surface area contributed by atoms with Crippen molar-refractivity contribution in [1.82, 2.24) is 0 Å². The zero-order chi connectivity index (χ0) is 10.3. The minimum atomic E-state index is -2.46. The maximum absolute atomic E-state index is 12.5. The number of rotatable bonds is 1. The molecule has 0 amide bonds. The second kappa shape index (κ2) is 3.47. The monoisotopic (exact) mass is 277 g/mol. The minimum absolute atomic E-state index is 0.0133. The third-order valence-electron chi connectivity index (χ3n) is 1.98. The summed E-state index contributed by atoms with van der Waals surface area (Å²) >= 11 is 4.54. The highest BCUT2D eigenvalue weighted by atomic mass is 79.9. The largest absolute Gasteiger partial charge is 0.398 e. The molecular formula is C9H6BrF2NS. The summed E-state index contributed by atoms with van der Waals surface area (Å²) in [5, 5.41) is 2.58. The Morgan fingerprint density at radius 1 is 1.36 bits per heavy atom. The van der Waals surface area contributed by atoms with E-state index in [2.05, 4.69) is 15.9 Å². The first-order chi connectivity index (χ1) is 6.61. The number of thiophene rings is 1. The Morgan fingerprint density at radius 3 is 2.71 bits per heavy atom. The lowest BCUT2D eigenvalue weighted by Gasteiger charge is -2.03. The molecular weight excluding hydrogens is 272 g/mol. The van der Waals surface area contributed by atoms with E-state index in [9.17, 15) is 8.78 Å². The summed E-state index contributed by atoms with van der Waals surface area (Å²) in [6, 6.07) is 3.04. The second-order valence-electron chi connectivity index (χ2n) is 2.84. The van der Waals surface area contributed by atoms with Crippen LogP contribution in [0, 0.1) is 0 Å². The molecule has 0 radical (unpaired) electrons. The molecule has 2 aromatic rings. The Balaban J connectivity index is 2.76. The molecule has 5 heteroatoms. The Morgan fingerprint density at radius 2 is 2.07 bits per heavy atom. The van der Waals surface area contributed by atoms with Gasteiger partial charge in [-0.25, -0.2) is 8.78 Å². The van der Waals surface area contributed by atoms with Crippen LogP contribution in [0.3, 0.4) is 0 Å². The number of hydrogen-bond acceptors (Lipinski definition) is 2. The van der Waals surface area contributed by atoms with Crippen molar-refractivity contribution in [3.63, 3.8) is 0 Å². The van der Waals surface area contributed by atoms with Gasteiger partial charge >= 0.3 is 0 Å². The van der Waals surface area contributed by atoms with Gasteiger partial charge in [0.1, 0.15) is 0 Å². The van der Waals surface area contributed by atoms with Gasteiger partial charge in [-0.2, -0.15) is 0 Å². The number of alkyl halides is 2. The van der Waals surface area contributed by atoms with Crippen molar-refractivity contribution in [2.75, 3.05) is 5.73 Å². The predicted octanol–water partition coefficient (Wildman–Crippen LogP) is 4.18. The standard InChI is InChI=1S/C9H6BrF2NS/c10-7-5(9(11)12)2-1-4-6(13)3-14-8(4)7/h1-3,9H,13H2. The van der Waals surface area contributed by atoms with Crippen molar-refractivity contribution in [3.05, 3.63) is 27.5 Å². The van der Waals surface area contributed by atoms with Gasteiger partial charge in [0.15, 0.2) is 0 Å². The maximum atomic E-state index is 12.5. The Kier molecular flexibility index (Phi) is 2.45. The van der Waals surface area contributed by atoms with Gasteiger partial charge in [0, 0.05) is 20.8 Å². The number of fused-ring (bicyclic) bond motifs is 1. The van der Waals surface area contributed by atoms with E-state index in [4.69, 9.17) is 5.73 Å². The fourth-order valence-electron chi connectivity index (χ4n) is 1.27. The summed E-state index contributed by atoms with van der Waals surface area (Å²) in [6.45, 7) is 0. The van der Waals surface area contributed by atoms with E-state index < -0.39 is 6.43 Å². The van der Waals surface area contributed by atoms with Gasteiger partial charge in [-0.1, -0.05) is 12.1 Å². The van der Waals surface area contributed by atoms with Gasteiger partial charge < -0.3 is 5.73 Å². The molecule has 0 aliphatic carbocycles. The molecule has 0 bridgehead atoms. The van der Waals surface area contributed by atoms with Crippen LogP contribution in [0.4, 0.5) is 14.5 Å². The predicted molar refractivity (Wildman–Crippen MR) is 58.9 cm³/mol. The first kappa shape index (κ1) is 9.86. The lowest BCUT2D eigenvalue weighted by atomic mass is 10.2. The van der Waals surface area contributed by atoms with Gasteiger partial charge in [0.05, 0.1) is 10.4 Å². The van der Waals surface area contributed by atoms with E-state index >= 15 is 0 Å². The molecule has 1 aromatic heterocycles. The van der Waals surface area contributed by atoms with Gasteiger partial charge in [0.25, 0.3) is 6.43 Å². The average Bonchev–Trinajstić information content (AvgIpc) is 2.49. The lowest BCUT2D eigenvalue weighted by Crippen LogP contribution is -1.87. The summed E-state index contributed by atoms with van der Waals surface area (Å²) in [5.74, 6) is 0. The van der Waals surface area contributed by atoms with E-state index in [0.717, 1.165) is 10.1 Å². The molecule has 0 aliphatic rings. The molecule has 0 unspecified atom stereocenters. The van der Waals surface area contributed by atoms with Gasteiger partial charge in [-0.3, -0.25) is 0 Å². The molecule has 0 aliphatic heterocycles. The minimum Gasteiger partial charge on any atom is -0.398 e. The fourth-order valence-corrected chi connectivity index (χ4v) is 2.97. The van der Waals surface area contributed by atoms with Crippen LogP contribution < -0.4 is 5.73 Å². The van der Waals surface area contributed by atoms with Crippen LogP contribution in [0.15, 0.2) is 22.0 Å². The number of anilines is 1. The SMILES string of the molecule is Nc1csc2c(Br)c(C(F)F)ccc12. The van der Waals surface area contributed by atoms with Gasteiger partial charge in [-0.15, -0.1) is 11.3 Å². The van der Waals surface area contributed by atoms with Crippen molar-refractivity contribution in [3.8, 4) is 0 Å². The second-order valence-corrected chi connectivity index (χ2v) is 4.51. The first-order valence-corrected chi connectivity index (χ1v) is 5.51.